The van der Waals surface area contributed by atoms with Crippen LogP contribution in [0.3, 0.4) is 0 Å². The third kappa shape index (κ3) is 3.90. The predicted molar refractivity (Wildman–Crippen MR) is 55.0 cm³/mol. The van der Waals surface area contributed by atoms with Gasteiger partial charge in [-0.3, -0.25) is 0 Å². The number of hydrogen-bond acceptors (Lipinski definition) is 3. The van der Waals surface area contributed by atoms with Crippen LogP contribution in [0.15, 0.2) is 24.3 Å². The molecule has 0 atom stereocenters. The minimum Gasteiger partial charge on any atom is -0.504 e. The topological polar surface area (TPSA) is 32.7 Å². The Morgan fingerprint density at radius 1 is 1.36 bits per heavy atom. The van der Waals surface area contributed by atoms with Crippen LogP contribution in [-0.2, 0) is 32.7 Å². The van der Waals surface area contributed by atoms with Gasteiger partial charge in [-0.1, -0.05) is 12.1 Å². The Labute approximate surface area is 114 Å². The van der Waals surface area contributed by atoms with Crippen molar-refractivity contribution in [1.29, 1.82) is 0 Å². The zero-order valence-corrected chi connectivity index (χ0v) is 11.8. The van der Waals surface area contributed by atoms with E-state index in [0.29, 0.717) is 10.9 Å². The molecule has 0 saturated heterocycles. The van der Waals surface area contributed by atoms with Crippen LogP contribution in [0.4, 0.5) is 0 Å². The summed E-state index contributed by atoms with van der Waals surface area (Å²) in [6.07, 6.45) is 0. The van der Waals surface area contributed by atoms with E-state index in [1.54, 1.807) is 43.3 Å². The minimum absolute atomic E-state index is 0. The Bertz CT molecular complexity index is 317. The van der Waals surface area contributed by atoms with Gasteiger partial charge < -0.3 is 14.7 Å². The molecule has 0 amide bonds. The van der Waals surface area contributed by atoms with Gasteiger partial charge in [-0.2, -0.15) is 0 Å². The second kappa shape index (κ2) is 6.33. The first-order valence-electron chi connectivity index (χ1n) is 3.78. The van der Waals surface area contributed by atoms with Crippen LogP contribution in [0.5, 0.6) is 11.5 Å². The Morgan fingerprint density at radius 3 is 2.43 bits per heavy atom. The molecule has 0 aliphatic rings. The second-order valence-electron chi connectivity index (χ2n) is 2.73. The van der Waals surface area contributed by atoms with Gasteiger partial charge in [0.15, 0.2) is 11.5 Å². The molecule has 0 aliphatic heterocycles. The third-order valence-corrected chi connectivity index (χ3v) is 1.88. The number of thiocarbonyl (C=S) groups is 1. The van der Waals surface area contributed by atoms with Crippen molar-refractivity contribution in [3.63, 3.8) is 0 Å². The van der Waals surface area contributed by atoms with Crippen molar-refractivity contribution in [3.05, 3.63) is 24.3 Å². The second-order valence-corrected chi connectivity index (χ2v) is 3.08. The van der Waals surface area contributed by atoms with E-state index in [1.165, 1.54) is 0 Å². The third-order valence-electron chi connectivity index (χ3n) is 1.43. The average molecular weight is 286 g/mol. The van der Waals surface area contributed by atoms with Crippen LogP contribution in [-0.4, -0.2) is 29.3 Å². The van der Waals surface area contributed by atoms with Crippen molar-refractivity contribution in [3.8, 4) is 11.5 Å². The van der Waals surface area contributed by atoms with E-state index < -0.39 is 0 Å². The Kier molecular flexibility index (Phi) is 6.24. The van der Waals surface area contributed by atoms with Gasteiger partial charge in [0.05, 0.1) is 0 Å². The molecule has 0 saturated carbocycles. The first kappa shape index (κ1) is 13.8. The van der Waals surface area contributed by atoms with Crippen molar-refractivity contribution in [2.45, 2.75) is 0 Å². The summed E-state index contributed by atoms with van der Waals surface area (Å²) in [5, 5.41) is 9.66. The van der Waals surface area contributed by atoms with Crippen LogP contribution in [0.1, 0.15) is 0 Å². The number of ether oxygens (including phenoxy) is 1. The molecule has 1 N–H and O–H groups in total. The normalized spacial score (nSPS) is 8.71. The van der Waals surface area contributed by atoms with E-state index >= 15 is 0 Å². The molecule has 14 heavy (non-hydrogen) atoms. The molecule has 1 aromatic rings. The number of phenols is 1. The Balaban J connectivity index is 0.00000169. The summed E-state index contributed by atoms with van der Waals surface area (Å²) in [6.45, 7) is 0. The van der Waals surface area contributed by atoms with E-state index in [2.05, 4.69) is 0 Å². The summed E-state index contributed by atoms with van der Waals surface area (Å²) < 4.78 is 5.21. The molecule has 0 aromatic heterocycles. The number of aromatic hydroxyl groups is 1. The largest absolute Gasteiger partial charge is 0.504 e. The van der Waals surface area contributed by atoms with E-state index in [0.717, 1.165) is 0 Å². The number of nitrogens with zero attached hydrogens (tertiary/aromatic N) is 1. The predicted octanol–water partition coefficient (Wildman–Crippen LogP) is 1.61. The van der Waals surface area contributed by atoms with Crippen LogP contribution in [0, 0.1) is 0 Å². The molecule has 5 heteroatoms. The quantitative estimate of drug-likeness (QED) is 0.795. The molecule has 1 aromatic carbocycles. The fraction of sp³-hybridized carbons (Fsp3) is 0.222. The standard InChI is InChI=1S/C9H11NO2S.Y/c1-10(2)9(13)12-8-6-4-3-5-7(8)11;/h3-6,11H,1-2H3;. The number of benzene rings is 1. The van der Waals surface area contributed by atoms with Gasteiger partial charge in [-0.25, -0.2) is 0 Å². The summed E-state index contributed by atoms with van der Waals surface area (Å²) in [6, 6.07) is 6.70. The van der Waals surface area contributed by atoms with Crippen molar-refractivity contribution < 1.29 is 42.6 Å². The molecule has 0 heterocycles. The van der Waals surface area contributed by atoms with Crippen molar-refractivity contribution in [1.82, 2.24) is 4.90 Å². The summed E-state index contributed by atoms with van der Waals surface area (Å²) >= 11 is 4.91. The van der Waals surface area contributed by atoms with Crippen LogP contribution in [0.25, 0.3) is 0 Å². The first-order chi connectivity index (χ1) is 6.11. The molecule has 0 aliphatic carbocycles. The van der Waals surface area contributed by atoms with Gasteiger partial charge in [0.25, 0.3) is 5.17 Å². The van der Waals surface area contributed by atoms with Gasteiger partial charge in [0.1, 0.15) is 0 Å². The molecule has 0 spiro atoms. The summed E-state index contributed by atoms with van der Waals surface area (Å²) in [5.41, 5.74) is 0. The van der Waals surface area contributed by atoms with Crippen LogP contribution in [0.2, 0.25) is 0 Å². The SMILES string of the molecule is CN(C)C(=S)Oc1ccccc1O.[Y]. The zero-order valence-electron chi connectivity index (χ0n) is 8.10. The van der Waals surface area contributed by atoms with E-state index in [1.807, 2.05) is 0 Å². The summed E-state index contributed by atoms with van der Waals surface area (Å²) in [4.78, 5) is 1.65. The van der Waals surface area contributed by atoms with Crippen molar-refractivity contribution in [2.75, 3.05) is 14.1 Å². The molecule has 0 fully saturated rings. The van der Waals surface area contributed by atoms with E-state index in [9.17, 15) is 5.11 Å². The van der Waals surface area contributed by atoms with Crippen molar-refractivity contribution >= 4 is 17.4 Å². The maximum absolute atomic E-state index is 9.34. The first-order valence-corrected chi connectivity index (χ1v) is 4.19. The molecule has 3 nitrogen and oxygen atoms in total. The van der Waals surface area contributed by atoms with Gasteiger partial charge >= 0.3 is 0 Å². The maximum Gasteiger partial charge on any atom is 0.264 e. The molecular formula is C9H11NO2SY. The molecule has 0 bridgehead atoms. The zero-order chi connectivity index (χ0) is 9.84. The van der Waals surface area contributed by atoms with Gasteiger partial charge in [-0.15, -0.1) is 0 Å². The number of para-hydroxylation sites is 2. The fourth-order valence-electron chi connectivity index (χ4n) is 0.729. The molecular weight excluding hydrogens is 275 g/mol. The maximum atomic E-state index is 9.34. The van der Waals surface area contributed by atoms with Gasteiger partial charge in [0.2, 0.25) is 0 Å². The number of rotatable bonds is 1. The monoisotopic (exact) mass is 286 g/mol. The molecule has 1 rings (SSSR count). The van der Waals surface area contributed by atoms with Gasteiger partial charge in [0, 0.05) is 46.8 Å². The molecule has 1 radical (unpaired) electrons. The fourth-order valence-corrected chi connectivity index (χ4v) is 0.819. The molecule has 73 valence electrons. The summed E-state index contributed by atoms with van der Waals surface area (Å²) in [5.74, 6) is 0.466. The Morgan fingerprint density at radius 2 is 1.93 bits per heavy atom. The number of phenolic OH excluding ortho intramolecular Hbond substituents is 1. The van der Waals surface area contributed by atoms with Crippen LogP contribution >= 0.6 is 12.2 Å². The van der Waals surface area contributed by atoms with E-state index in [4.69, 9.17) is 17.0 Å². The van der Waals surface area contributed by atoms with Crippen LogP contribution < -0.4 is 4.74 Å². The average Bonchev–Trinajstić information content (AvgIpc) is 2.08. The minimum atomic E-state index is 0. The summed E-state index contributed by atoms with van der Waals surface area (Å²) in [7, 11) is 3.56. The van der Waals surface area contributed by atoms with Gasteiger partial charge in [-0.05, 0) is 24.4 Å². The molecule has 0 unspecified atom stereocenters. The van der Waals surface area contributed by atoms with E-state index in [-0.39, 0.29) is 38.5 Å². The number of hydrogen-bond donors (Lipinski definition) is 1. The Hall–Kier alpha value is -0.186. The smallest absolute Gasteiger partial charge is 0.264 e. The van der Waals surface area contributed by atoms with Crippen molar-refractivity contribution in [2.24, 2.45) is 0 Å².